The fourth-order valence-corrected chi connectivity index (χ4v) is 4.95. The molecule has 3 aromatic rings. The van der Waals surface area contributed by atoms with Gasteiger partial charge < -0.3 is 10.1 Å². The van der Waals surface area contributed by atoms with E-state index >= 15 is 0 Å². The number of amides is 1. The molecule has 0 aliphatic carbocycles. The predicted molar refractivity (Wildman–Crippen MR) is 128 cm³/mol. The van der Waals surface area contributed by atoms with Gasteiger partial charge in [0.15, 0.2) is 0 Å². The molecule has 3 aromatic carbocycles. The van der Waals surface area contributed by atoms with Gasteiger partial charge in [-0.2, -0.15) is 4.31 Å². The maximum absolute atomic E-state index is 12.9. The molecule has 1 amide bonds. The van der Waals surface area contributed by atoms with E-state index in [1.807, 2.05) is 36.4 Å². The molecule has 4 rings (SSSR count). The zero-order valence-electron chi connectivity index (χ0n) is 17.6. The minimum atomic E-state index is -3.75. The van der Waals surface area contributed by atoms with Gasteiger partial charge in [0.05, 0.1) is 28.7 Å². The Kier molecular flexibility index (Phi) is 7.11. The third kappa shape index (κ3) is 5.62. The third-order valence-corrected chi connectivity index (χ3v) is 7.26. The van der Waals surface area contributed by atoms with Crippen molar-refractivity contribution in [2.24, 2.45) is 0 Å². The lowest BCUT2D eigenvalue weighted by Gasteiger charge is -2.26. The Balaban J connectivity index is 1.54. The number of anilines is 1. The molecule has 1 saturated heterocycles. The van der Waals surface area contributed by atoms with Crippen LogP contribution in [0.3, 0.4) is 0 Å². The molecule has 1 heterocycles. The molecule has 168 valence electrons. The van der Waals surface area contributed by atoms with E-state index in [0.717, 1.165) is 11.1 Å². The molecule has 0 bridgehead atoms. The van der Waals surface area contributed by atoms with Crippen LogP contribution < -0.4 is 5.32 Å². The molecular formula is C25H21ClN2O4S. The van der Waals surface area contributed by atoms with Crippen LogP contribution in [0.1, 0.15) is 21.5 Å². The molecule has 1 aliphatic rings. The van der Waals surface area contributed by atoms with Crippen molar-refractivity contribution in [3.05, 3.63) is 94.5 Å². The molecule has 1 aliphatic heterocycles. The highest BCUT2D eigenvalue weighted by Gasteiger charge is 2.27. The van der Waals surface area contributed by atoms with Gasteiger partial charge in [0.25, 0.3) is 5.91 Å². The maximum Gasteiger partial charge on any atom is 0.257 e. The Morgan fingerprint density at radius 1 is 0.909 bits per heavy atom. The summed E-state index contributed by atoms with van der Waals surface area (Å²) >= 11 is 6.23. The summed E-state index contributed by atoms with van der Waals surface area (Å²) in [6.07, 6.45) is 0. The molecule has 0 saturated carbocycles. The molecular weight excluding hydrogens is 460 g/mol. The number of carbonyl (C=O) groups excluding carboxylic acids is 1. The number of nitrogens with zero attached hydrogens (tertiary/aromatic N) is 1. The molecule has 1 N–H and O–H groups in total. The average Bonchev–Trinajstić information content (AvgIpc) is 2.84. The van der Waals surface area contributed by atoms with Crippen molar-refractivity contribution in [3.63, 3.8) is 0 Å². The van der Waals surface area contributed by atoms with Crippen LogP contribution in [0, 0.1) is 11.8 Å². The number of nitrogens with one attached hydrogen (secondary N) is 1. The zero-order valence-corrected chi connectivity index (χ0v) is 19.2. The highest BCUT2D eigenvalue weighted by atomic mass is 35.5. The van der Waals surface area contributed by atoms with Gasteiger partial charge in [-0.05, 0) is 48.5 Å². The Morgan fingerprint density at radius 2 is 1.61 bits per heavy atom. The first-order valence-electron chi connectivity index (χ1n) is 10.3. The van der Waals surface area contributed by atoms with Gasteiger partial charge in [-0.15, -0.1) is 0 Å². The van der Waals surface area contributed by atoms with Crippen molar-refractivity contribution in [2.75, 3.05) is 31.6 Å². The largest absolute Gasteiger partial charge is 0.379 e. The summed E-state index contributed by atoms with van der Waals surface area (Å²) < 4.78 is 32.5. The van der Waals surface area contributed by atoms with Crippen LogP contribution in [0.2, 0.25) is 5.02 Å². The lowest BCUT2D eigenvalue weighted by atomic mass is 10.1. The Bertz CT molecular complexity index is 1330. The number of hydrogen-bond donors (Lipinski definition) is 1. The second-order valence-electron chi connectivity index (χ2n) is 7.31. The van der Waals surface area contributed by atoms with E-state index in [2.05, 4.69) is 17.2 Å². The third-order valence-electron chi connectivity index (χ3n) is 5.04. The van der Waals surface area contributed by atoms with Crippen LogP contribution in [0.5, 0.6) is 0 Å². The summed E-state index contributed by atoms with van der Waals surface area (Å²) in [5.41, 5.74) is 2.22. The number of halogens is 1. The number of morpholine rings is 1. The fourth-order valence-electron chi connectivity index (χ4n) is 3.31. The molecule has 1 fully saturated rings. The van der Waals surface area contributed by atoms with Crippen molar-refractivity contribution >= 4 is 33.2 Å². The monoisotopic (exact) mass is 480 g/mol. The minimum absolute atomic E-state index is 0.0152. The molecule has 6 nitrogen and oxygen atoms in total. The summed E-state index contributed by atoms with van der Waals surface area (Å²) in [4.78, 5) is 12.9. The first-order valence-corrected chi connectivity index (χ1v) is 12.1. The average molecular weight is 481 g/mol. The van der Waals surface area contributed by atoms with Crippen LogP contribution in [0.4, 0.5) is 5.69 Å². The molecule has 8 heteroatoms. The van der Waals surface area contributed by atoms with Crippen LogP contribution in [-0.4, -0.2) is 44.9 Å². The van der Waals surface area contributed by atoms with Crippen molar-refractivity contribution in [2.45, 2.75) is 4.90 Å². The Labute approximate surface area is 198 Å². The van der Waals surface area contributed by atoms with Crippen LogP contribution in [0.25, 0.3) is 0 Å². The summed E-state index contributed by atoms with van der Waals surface area (Å²) in [7, 11) is -3.75. The van der Waals surface area contributed by atoms with Gasteiger partial charge in [-0.25, -0.2) is 8.42 Å². The lowest BCUT2D eigenvalue weighted by molar-refractivity contribution is 0.0730. The number of benzene rings is 3. The predicted octanol–water partition coefficient (Wildman–Crippen LogP) is 4.01. The van der Waals surface area contributed by atoms with Crippen molar-refractivity contribution in [1.29, 1.82) is 0 Å². The first-order chi connectivity index (χ1) is 15.9. The molecule has 0 spiro atoms. The normalized spacial score (nSPS) is 14.2. The molecule has 0 unspecified atom stereocenters. The summed E-state index contributed by atoms with van der Waals surface area (Å²) in [6, 6.07) is 20.8. The number of ether oxygens (including phenoxy) is 1. The van der Waals surface area contributed by atoms with Gasteiger partial charge in [0, 0.05) is 29.9 Å². The molecule has 0 atom stereocenters. The zero-order chi connectivity index (χ0) is 23.3. The van der Waals surface area contributed by atoms with Gasteiger partial charge in [0.1, 0.15) is 0 Å². The quantitative estimate of drug-likeness (QED) is 0.572. The van der Waals surface area contributed by atoms with E-state index in [0.29, 0.717) is 18.9 Å². The van der Waals surface area contributed by atoms with Crippen LogP contribution in [0.15, 0.2) is 77.7 Å². The van der Waals surface area contributed by atoms with Crippen molar-refractivity contribution in [3.8, 4) is 11.8 Å². The SMILES string of the molecule is O=C(Nc1cccc(C#Cc2ccccc2)c1)c1cc(S(=O)(=O)N2CCOCC2)ccc1Cl. The number of carbonyl (C=O) groups is 1. The minimum Gasteiger partial charge on any atom is -0.379 e. The van der Waals surface area contributed by atoms with Crippen LogP contribution in [-0.2, 0) is 14.8 Å². The molecule has 0 aromatic heterocycles. The number of hydrogen-bond acceptors (Lipinski definition) is 4. The Morgan fingerprint density at radius 3 is 2.36 bits per heavy atom. The first kappa shape index (κ1) is 23.0. The van der Waals surface area contributed by atoms with Gasteiger partial charge >= 0.3 is 0 Å². The topological polar surface area (TPSA) is 75.7 Å². The van der Waals surface area contributed by atoms with E-state index in [9.17, 15) is 13.2 Å². The van der Waals surface area contributed by atoms with Gasteiger partial charge in [0.2, 0.25) is 10.0 Å². The second kappa shape index (κ2) is 10.2. The highest BCUT2D eigenvalue weighted by Crippen LogP contribution is 2.25. The second-order valence-corrected chi connectivity index (χ2v) is 9.65. The van der Waals surface area contributed by atoms with Gasteiger partial charge in [-0.3, -0.25) is 4.79 Å². The maximum atomic E-state index is 12.9. The van der Waals surface area contributed by atoms with E-state index in [4.69, 9.17) is 16.3 Å². The van der Waals surface area contributed by atoms with E-state index in [1.165, 1.54) is 22.5 Å². The standard InChI is InChI=1S/C25H21ClN2O4S/c26-24-12-11-22(33(30,31)28-13-15-32-16-14-28)18-23(24)25(29)27-21-8-4-7-20(17-21)10-9-19-5-2-1-3-6-19/h1-8,11-12,17-18H,13-16H2,(H,27,29). The van der Waals surface area contributed by atoms with E-state index in [1.54, 1.807) is 18.2 Å². The fraction of sp³-hybridized carbons (Fsp3) is 0.160. The van der Waals surface area contributed by atoms with E-state index in [-0.39, 0.29) is 28.6 Å². The Hall–Kier alpha value is -3.15. The summed E-state index contributed by atoms with van der Waals surface area (Å²) in [6.45, 7) is 1.21. The number of rotatable bonds is 4. The van der Waals surface area contributed by atoms with Gasteiger partial charge in [-0.1, -0.05) is 47.7 Å². The van der Waals surface area contributed by atoms with Crippen LogP contribution >= 0.6 is 11.6 Å². The highest BCUT2D eigenvalue weighted by molar-refractivity contribution is 7.89. The smallest absolute Gasteiger partial charge is 0.257 e. The lowest BCUT2D eigenvalue weighted by Crippen LogP contribution is -2.40. The summed E-state index contributed by atoms with van der Waals surface area (Å²) in [5, 5.41) is 2.94. The van der Waals surface area contributed by atoms with E-state index < -0.39 is 15.9 Å². The number of sulfonamides is 1. The molecule has 33 heavy (non-hydrogen) atoms. The molecule has 0 radical (unpaired) electrons. The van der Waals surface area contributed by atoms with Crippen molar-refractivity contribution in [1.82, 2.24) is 4.31 Å². The van der Waals surface area contributed by atoms with Crippen molar-refractivity contribution < 1.29 is 17.9 Å². The summed E-state index contributed by atoms with van der Waals surface area (Å²) in [5.74, 6) is 5.63.